The third kappa shape index (κ3) is 2.33. The van der Waals surface area contributed by atoms with E-state index in [4.69, 9.17) is 4.74 Å². The first kappa shape index (κ1) is 10.9. The van der Waals surface area contributed by atoms with Crippen LogP contribution in [0.1, 0.15) is 38.5 Å². The summed E-state index contributed by atoms with van der Waals surface area (Å²) in [6.07, 6.45) is 7.25. The Morgan fingerprint density at radius 2 is 1.80 bits per heavy atom. The number of ether oxygens (including phenoxy) is 1. The molecule has 2 aliphatic rings. The van der Waals surface area contributed by atoms with Crippen molar-refractivity contribution in [3.8, 4) is 0 Å². The standard InChI is InChI=1S/C12H21NO2/c1-15-12(14)10-6-2-3-7-11(10)13-8-4-5-9-13/h10-11H,2-9H2,1H3/t10-,11+/m1/s1. The zero-order chi connectivity index (χ0) is 10.7. The molecular weight excluding hydrogens is 190 g/mol. The molecule has 86 valence electrons. The fraction of sp³-hybridized carbons (Fsp3) is 0.917. The molecule has 3 nitrogen and oxygen atoms in total. The van der Waals surface area contributed by atoms with Crippen LogP contribution in [0.25, 0.3) is 0 Å². The van der Waals surface area contributed by atoms with Crippen molar-refractivity contribution in [1.82, 2.24) is 4.90 Å². The van der Waals surface area contributed by atoms with Crippen LogP contribution in [-0.2, 0) is 9.53 Å². The van der Waals surface area contributed by atoms with Crippen molar-refractivity contribution in [3.05, 3.63) is 0 Å². The molecule has 1 aliphatic carbocycles. The van der Waals surface area contributed by atoms with Gasteiger partial charge in [0.25, 0.3) is 0 Å². The van der Waals surface area contributed by atoms with Gasteiger partial charge in [0.2, 0.25) is 0 Å². The number of esters is 1. The highest BCUT2D eigenvalue weighted by Gasteiger charge is 2.36. The molecule has 0 aromatic rings. The predicted molar refractivity (Wildman–Crippen MR) is 58.6 cm³/mol. The Hall–Kier alpha value is -0.570. The molecule has 1 heterocycles. The van der Waals surface area contributed by atoms with Gasteiger partial charge in [0, 0.05) is 6.04 Å². The minimum absolute atomic E-state index is 0.00611. The van der Waals surface area contributed by atoms with Crippen molar-refractivity contribution in [1.29, 1.82) is 0 Å². The minimum atomic E-state index is 0.00611. The van der Waals surface area contributed by atoms with Gasteiger partial charge < -0.3 is 4.74 Å². The van der Waals surface area contributed by atoms with Crippen LogP contribution in [0.3, 0.4) is 0 Å². The largest absolute Gasteiger partial charge is 0.469 e. The van der Waals surface area contributed by atoms with Gasteiger partial charge in [-0.15, -0.1) is 0 Å². The van der Waals surface area contributed by atoms with E-state index in [1.807, 2.05) is 0 Å². The number of likely N-dealkylation sites (tertiary alicyclic amines) is 1. The Morgan fingerprint density at radius 3 is 2.47 bits per heavy atom. The zero-order valence-electron chi connectivity index (χ0n) is 9.58. The first-order valence-electron chi connectivity index (χ1n) is 6.15. The van der Waals surface area contributed by atoms with E-state index in [-0.39, 0.29) is 11.9 Å². The predicted octanol–water partition coefficient (Wildman–Crippen LogP) is 1.81. The van der Waals surface area contributed by atoms with Gasteiger partial charge in [0.05, 0.1) is 13.0 Å². The molecule has 0 unspecified atom stereocenters. The van der Waals surface area contributed by atoms with Crippen molar-refractivity contribution in [2.24, 2.45) is 5.92 Å². The first-order chi connectivity index (χ1) is 7.33. The lowest BCUT2D eigenvalue weighted by Gasteiger charge is -2.36. The number of carbonyl (C=O) groups excluding carboxylic acids is 1. The Kier molecular flexibility index (Phi) is 3.62. The summed E-state index contributed by atoms with van der Waals surface area (Å²) >= 11 is 0. The van der Waals surface area contributed by atoms with Crippen LogP contribution in [0.4, 0.5) is 0 Å². The highest BCUT2D eigenvalue weighted by molar-refractivity contribution is 5.73. The van der Waals surface area contributed by atoms with Gasteiger partial charge in [-0.05, 0) is 38.8 Å². The molecule has 1 saturated carbocycles. The second-order valence-corrected chi connectivity index (χ2v) is 4.72. The number of nitrogens with zero attached hydrogens (tertiary/aromatic N) is 1. The lowest BCUT2D eigenvalue weighted by atomic mass is 9.83. The molecule has 2 rings (SSSR count). The molecular formula is C12H21NO2. The van der Waals surface area contributed by atoms with E-state index in [1.165, 1.54) is 52.3 Å². The summed E-state index contributed by atoms with van der Waals surface area (Å²) < 4.78 is 4.91. The third-order valence-electron chi connectivity index (χ3n) is 3.84. The highest BCUT2D eigenvalue weighted by atomic mass is 16.5. The molecule has 0 spiro atoms. The van der Waals surface area contributed by atoms with Gasteiger partial charge in [0.1, 0.15) is 0 Å². The number of carbonyl (C=O) groups is 1. The van der Waals surface area contributed by atoms with E-state index in [9.17, 15) is 4.79 Å². The molecule has 1 aliphatic heterocycles. The smallest absolute Gasteiger partial charge is 0.310 e. The fourth-order valence-electron chi connectivity index (χ4n) is 3.05. The summed E-state index contributed by atoms with van der Waals surface area (Å²) in [5.41, 5.74) is 0. The van der Waals surface area contributed by atoms with Gasteiger partial charge in [-0.1, -0.05) is 12.8 Å². The van der Waals surface area contributed by atoms with Crippen LogP contribution in [-0.4, -0.2) is 37.1 Å². The maximum Gasteiger partial charge on any atom is 0.310 e. The average molecular weight is 211 g/mol. The normalized spacial score (nSPS) is 32.9. The molecule has 0 aromatic carbocycles. The summed E-state index contributed by atoms with van der Waals surface area (Å²) in [6, 6.07) is 0.466. The summed E-state index contributed by atoms with van der Waals surface area (Å²) in [5.74, 6) is 0.147. The number of hydrogen-bond acceptors (Lipinski definition) is 3. The fourth-order valence-corrected chi connectivity index (χ4v) is 3.05. The van der Waals surface area contributed by atoms with E-state index >= 15 is 0 Å². The quantitative estimate of drug-likeness (QED) is 0.652. The van der Waals surface area contributed by atoms with Crippen molar-refractivity contribution >= 4 is 5.97 Å². The number of rotatable bonds is 2. The Balaban J connectivity index is 2.01. The summed E-state index contributed by atoms with van der Waals surface area (Å²) in [6.45, 7) is 2.36. The van der Waals surface area contributed by atoms with Crippen LogP contribution in [0.5, 0.6) is 0 Å². The lowest BCUT2D eigenvalue weighted by molar-refractivity contribution is -0.149. The molecule has 0 amide bonds. The monoisotopic (exact) mass is 211 g/mol. The minimum Gasteiger partial charge on any atom is -0.469 e. The number of hydrogen-bond donors (Lipinski definition) is 0. The lowest BCUT2D eigenvalue weighted by Crippen LogP contribution is -2.44. The van der Waals surface area contributed by atoms with Gasteiger partial charge in [0.15, 0.2) is 0 Å². The SMILES string of the molecule is COC(=O)[C@@H]1CCCC[C@@H]1N1CCCC1. The van der Waals surface area contributed by atoms with E-state index in [0.717, 1.165) is 6.42 Å². The van der Waals surface area contributed by atoms with Crippen LogP contribution in [0.15, 0.2) is 0 Å². The van der Waals surface area contributed by atoms with Crippen molar-refractivity contribution in [2.75, 3.05) is 20.2 Å². The maximum atomic E-state index is 11.7. The highest BCUT2D eigenvalue weighted by Crippen LogP contribution is 2.31. The van der Waals surface area contributed by atoms with Crippen LogP contribution >= 0.6 is 0 Å². The molecule has 1 saturated heterocycles. The van der Waals surface area contributed by atoms with Crippen LogP contribution < -0.4 is 0 Å². The Morgan fingerprint density at radius 1 is 1.13 bits per heavy atom. The van der Waals surface area contributed by atoms with Gasteiger partial charge in [-0.25, -0.2) is 0 Å². The molecule has 0 radical (unpaired) electrons. The second kappa shape index (κ2) is 4.97. The van der Waals surface area contributed by atoms with Crippen molar-refractivity contribution in [2.45, 2.75) is 44.6 Å². The molecule has 0 bridgehead atoms. The Labute approximate surface area is 91.8 Å². The molecule has 0 N–H and O–H groups in total. The van der Waals surface area contributed by atoms with Crippen LogP contribution in [0.2, 0.25) is 0 Å². The topological polar surface area (TPSA) is 29.5 Å². The number of methoxy groups -OCH3 is 1. The maximum absolute atomic E-state index is 11.7. The van der Waals surface area contributed by atoms with Crippen LogP contribution in [0, 0.1) is 5.92 Å². The van der Waals surface area contributed by atoms with Gasteiger partial charge in [-0.3, -0.25) is 9.69 Å². The van der Waals surface area contributed by atoms with Gasteiger partial charge in [-0.2, -0.15) is 0 Å². The van der Waals surface area contributed by atoms with E-state index < -0.39 is 0 Å². The summed E-state index contributed by atoms with van der Waals surface area (Å²) in [5, 5.41) is 0. The molecule has 15 heavy (non-hydrogen) atoms. The second-order valence-electron chi connectivity index (χ2n) is 4.72. The van der Waals surface area contributed by atoms with Gasteiger partial charge >= 0.3 is 5.97 Å². The van der Waals surface area contributed by atoms with E-state index in [0.29, 0.717) is 6.04 Å². The zero-order valence-corrected chi connectivity index (χ0v) is 9.58. The van der Waals surface area contributed by atoms with Crippen molar-refractivity contribution < 1.29 is 9.53 Å². The Bertz CT molecular complexity index is 224. The molecule has 0 aromatic heterocycles. The summed E-state index contributed by atoms with van der Waals surface area (Å²) in [7, 11) is 1.51. The van der Waals surface area contributed by atoms with E-state index in [1.54, 1.807) is 0 Å². The van der Waals surface area contributed by atoms with E-state index in [2.05, 4.69) is 4.90 Å². The average Bonchev–Trinajstić information content (AvgIpc) is 2.81. The molecule has 2 atom stereocenters. The summed E-state index contributed by atoms with van der Waals surface area (Å²) in [4.78, 5) is 14.2. The third-order valence-corrected chi connectivity index (χ3v) is 3.84. The first-order valence-corrected chi connectivity index (χ1v) is 6.15. The van der Waals surface area contributed by atoms with Crippen molar-refractivity contribution in [3.63, 3.8) is 0 Å². The molecule has 2 fully saturated rings. The molecule has 3 heteroatoms.